The summed E-state index contributed by atoms with van der Waals surface area (Å²) in [6.45, 7) is 0.881. The molecule has 3 rings (SSSR count). The first-order valence-corrected chi connectivity index (χ1v) is 6.88. The lowest BCUT2D eigenvalue weighted by molar-refractivity contribution is 0.637. The molecule has 2 aromatic heterocycles. The largest absolute Gasteiger partial charge is 0.319 e. The van der Waals surface area contributed by atoms with E-state index in [4.69, 9.17) is 0 Å². The lowest BCUT2D eigenvalue weighted by Gasteiger charge is -2.03. The molecule has 100 valence electrons. The van der Waals surface area contributed by atoms with Crippen molar-refractivity contribution in [3.05, 3.63) is 34.3 Å². The quantitative estimate of drug-likeness (QED) is 0.803. The number of hydrogen-bond acceptors (Lipinski definition) is 2. The maximum atomic E-state index is 13.8. The molecule has 0 spiro atoms. The fourth-order valence-electron chi connectivity index (χ4n) is 2.37. The van der Waals surface area contributed by atoms with E-state index >= 15 is 0 Å². The summed E-state index contributed by atoms with van der Waals surface area (Å²) in [5.74, 6) is 0.461. The average molecular weight is 325 g/mol. The summed E-state index contributed by atoms with van der Waals surface area (Å²) in [6, 6.07) is 5.02. The van der Waals surface area contributed by atoms with Crippen molar-refractivity contribution < 1.29 is 4.39 Å². The molecule has 1 aromatic carbocycles. The highest BCUT2D eigenvalue weighted by atomic mass is 79.9. The third-order valence-electron chi connectivity index (χ3n) is 3.37. The third kappa shape index (κ3) is 1.78. The summed E-state index contributed by atoms with van der Waals surface area (Å²) in [4.78, 5) is 4.40. The minimum absolute atomic E-state index is 0.287. The highest BCUT2D eigenvalue weighted by Gasteiger charge is 2.18. The number of imidazole rings is 2. The minimum Gasteiger partial charge on any atom is -0.319 e. The summed E-state index contributed by atoms with van der Waals surface area (Å²) in [5.41, 5.74) is 2.34. The van der Waals surface area contributed by atoms with Crippen LogP contribution in [-0.4, -0.2) is 27.5 Å². The zero-order valence-corrected chi connectivity index (χ0v) is 12.3. The van der Waals surface area contributed by atoms with Gasteiger partial charge in [-0.25, -0.2) is 9.37 Å². The minimum atomic E-state index is -0.287. The van der Waals surface area contributed by atoms with Crippen molar-refractivity contribution in [3.8, 4) is 0 Å². The van der Waals surface area contributed by atoms with Crippen molar-refractivity contribution >= 4 is 32.7 Å². The molecule has 1 N–H and O–H groups in total. The second kappa shape index (κ2) is 4.61. The summed E-state index contributed by atoms with van der Waals surface area (Å²) in [7, 11) is 3.88. The molecule has 0 aliphatic heterocycles. The van der Waals surface area contributed by atoms with Gasteiger partial charge in [-0.15, -0.1) is 0 Å². The van der Waals surface area contributed by atoms with Gasteiger partial charge in [0.1, 0.15) is 10.1 Å². The fourth-order valence-corrected chi connectivity index (χ4v) is 3.19. The van der Waals surface area contributed by atoms with Gasteiger partial charge in [0.05, 0.1) is 11.2 Å². The van der Waals surface area contributed by atoms with Crippen LogP contribution in [0.3, 0.4) is 0 Å². The first-order chi connectivity index (χ1) is 9.15. The number of aryl methyl sites for hydroxylation is 1. The van der Waals surface area contributed by atoms with E-state index in [9.17, 15) is 4.39 Å². The van der Waals surface area contributed by atoms with Gasteiger partial charge >= 0.3 is 0 Å². The summed E-state index contributed by atoms with van der Waals surface area (Å²) < 4.78 is 18.6. The van der Waals surface area contributed by atoms with Gasteiger partial charge in [-0.05, 0) is 35.1 Å². The van der Waals surface area contributed by atoms with Crippen LogP contribution in [0.4, 0.5) is 4.39 Å². The molecule has 3 aromatic rings. The molecule has 0 unspecified atom stereocenters. The number of benzene rings is 1. The van der Waals surface area contributed by atoms with Gasteiger partial charge < -0.3 is 9.88 Å². The average Bonchev–Trinajstić information content (AvgIpc) is 2.88. The highest BCUT2D eigenvalue weighted by Crippen LogP contribution is 2.28. The van der Waals surface area contributed by atoms with E-state index in [0.717, 1.165) is 34.6 Å². The van der Waals surface area contributed by atoms with Crippen molar-refractivity contribution in [2.45, 2.75) is 6.42 Å². The van der Waals surface area contributed by atoms with Gasteiger partial charge in [-0.3, -0.25) is 4.40 Å². The topological polar surface area (TPSA) is 34.3 Å². The second-order valence-electron chi connectivity index (χ2n) is 4.50. The Morgan fingerprint density at radius 1 is 1.42 bits per heavy atom. The van der Waals surface area contributed by atoms with E-state index in [1.54, 1.807) is 6.07 Å². The second-order valence-corrected chi connectivity index (χ2v) is 5.26. The Labute approximate surface area is 118 Å². The van der Waals surface area contributed by atoms with Crippen LogP contribution in [0, 0.1) is 5.82 Å². The Hall–Kier alpha value is -1.40. The predicted octanol–water partition coefficient (Wildman–Crippen LogP) is 2.49. The Balaban J connectivity index is 2.32. The maximum Gasteiger partial charge on any atom is 0.215 e. The molecule has 2 heterocycles. The Bertz CT molecular complexity index is 759. The van der Waals surface area contributed by atoms with Crippen molar-refractivity contribution in [2.75, 3.05) is 13.6 Å². The molecule has 0 bridgehead atoms. The van der Waals surface area contributed by atoms with E-state index in [-0.39, 0.29) is 5.82 Å². The van der Waals surface area contributed by atoms with Crippen molar-refractivity contribution in [3.63, 3.8) is 0 Å². The SMILES string of the molecule is CNCCc1c(Br)n2c3cccc(F)c3nc2n1C. The summed E-state index contributed by atoms with van der Waals surface area (Å²) in [5, 5.41) is 3.13. The monoisotopic (exact) mass is 324 g/mol. The van der Waals surface area contributed by atoms with E-state index < -0.39 is 0 Å². The van der Waals surface area contributed by atoms with Crippen LogP contribution >= 0.6 is 15.9 Å². The highest BCUT2D eigenvalue weighted by molar-refractivity contribution is 9.10. The van der Waals surface area contributed by atoms with Crippen molar-refractivity contribution in [1.29, 1.82) is 0 Å². The van der Waals surface area contributed by atoms with Crippen LogP contribution in [0.5, 0.6) is 0 Å². The Morgan fingerprint density at radius 2 is 2.21 bits per heavy atom. The molecule has 4 nitrogen and oxygen atoms in total. The van der Waals surface area contributed by atoms with E-state index in [0.29, 0.717) is 5.52 Å². The zero-order chi connectivity index (χ0) is 13.6. The molecular formula is C13H14BrFN4. The Kier molecular flexibility index (Phi) is 3.06. The molecule has 0 fully saturated rings. The molecule has 0 saturated carbocycles. The maximum absolute atomic E-state index is 13.8. The Morgan fingerprint density at radius 3 is 2.95 bits per heavy atom. The molecular weight excluding hydrogens is 311 g/mol. The zero-order valence-electron chi connectivity index (χ0n) is 10.7. The number of likely N-dealkylation sites (N-methyl/N-ethyl adjacent to an activating group) is 1. The number of hydrogen-bond donors (Lipinski definition) is 1. The van der Waals surface area contributed by atoms with Gasteiger partial charge in [-0.2, -0.15) is 0 Å². The lowest BCUT2D eigenvalue weighted by Crippen LogP contribution is -2.12. The molecule has 0 atom stereocenters. The number of para-hydroxylation sites is 1. The number of fused-ring (bicyclic) bond motifs is 3. The van der Waals surface area contributed by atoms with Crippen LogP contribution in [0.1, 0.15) is 5.69 Å². The molecule has 19 heavy (non-hydrogen) atoms. The third-order valence-corrected chi connectivity index (χ3v) is 4.18. The fraction of sp³-hybridized carbons (Fsp3) is 0.308. The van der Waals surface area contributed by atoms with Crippen molar-refractivity contribution in [1.82, 2.24) is 19.3 Å². The first-order valence-electron chi connectivity index (χ1n) is 6.09. The van der Waals surface area contributed by atoms with E-state index in [1.165, 1.54) is 6.07 Å². The van der Waals surface area contributed by atoms with E-state index in [1.807, 2.05) is 29.1 Å². The lowest BCUT2D eigenvalue weighted by atomic mass is 10.3. The normalized spacial score (nSPS) is 11.8. The van der Waals surface area contributed by atoms with Gasteiger partial charge in [0.15, 0.2) is 5.82 Å². The molecule has 6 heteroatoms. The predicted molar refractivity (Wildman–Crippen MR) is 77.0 cm³/mol. The first kappa shape index (κ1) is 12.6. The smallest absolute Gasteiger partial charge is 0.215 e. The summed E-state index contributed by atoms with van der Waals surface area (Å²) in [6.07, 6.45) is 0.883. The molecule has 0 aliphatic rings. The number of rotatable bonds is 3. The number of nitrogens with one attached hydrogen (secondary N) is 1. The van der Waals surface area contributed by atoms with Crippen LogP contribution in [0.2, 0.25) is 0 Å². The molecule has 0 radical (unpaired) electrons. The van der Waals surface area contributed by atoms with Gasteiger partial charge in [0.2, 0.25) is 5.78 Å². The number of aromatic nitrogens is 3. The molecule has 0 aliphatic carbocycles. The van der Waals surface area contributed by atoms with Crippen LogP contribution in [0.15, 0.2) is 22.8 Å². The van der Waals surface area contributed by atoms with Gasteiger partial charge in [0.25, 0.3) is 0 Å². The standard InChI is InChI=1S/C13H14BrFN4/c1-16-7-6-10-12(14)19-9-5-3-4-8(15)11(9)17-13(19)18(10)2/h3-5,16H,6-7H2,1-2H3. The van der Waals surface area contributed by atoms with Crippen LogP contribution < -0.4 is 5.32 Å². The van der Waals surface area contributed by atoms with Crippen LogP contribution in [-0.2, 0) is 13.5 Å². The van der Waals surface area contributed by atoms with Gasteiger partial charge in [0, 0.05) is 20.0 Å². The van der Waals surface area contributed by atoms with Crippen molar-refractivity contribution in [2.24, 2.45) is 7.05 Å². The van der Waals surface area contributed by atoms with Crippen LogP contribution in [0.25, 0.3) is 16.8 Å². The number of nitrogens with zero attached hydrogens (tertiary/aromatic N) is 3. The van der Waals surface area contributed by atoms with E-state index in [2.05, 4.69) is 26.2 Å². The molecule has 0 saturated heterocycles. The number of halogens is 2. The molecule has 0 amide bonds. The summed E-state index contributed by atoms with van der Waals surface area (Å²) >= 11 is 3.61. The van der Waals surface area contributed by atoms with Gasteiger partial charge in [-0.1, -0.05) is 6.07 Å².